The van der Waals surface area contributed by atoms with Gasteiger partial charge >= 0.3 is 6.18 Å². The Kier molecular flexibility index (Phi) is 5.23. The number of H-pyrrole nitrogens is 1. The highest BCUT2D eigenvalue weighted by Crippen LogP contribution is 2.33. The molecule has 0 spiro atoms. The zero-order chi connectivity index (χ0) is 17.0. The summed E-state index contributed by atoms with van der Waals surface area (Å²) >= 11 is 0. The quantitative estimate of drug-likeness (QED) is 0.883. The maximum atomic E-state index is 13.1. The lowest BCUT2D eigenvalue weighted by atomic mass is 9.90. The molecule has 1 aliphatic rings. The van der Waals surface area contributed by atoms with Gasteiger partial charge in [0.25, 0.3) is 0 Å². The predicted octanol–water partition coefficient (Wildman–Crippen LogP) is 4.27. The monoisotopic (exact) mass is 337 g/mol. The number of hydrogen-bond donors (Lipinski definition) is 1. The van der Waals surface area contributed by atoms with E-state index in [9.17, 15) is 13.2 Å². The van der Waals surface area contributed by atoms with E-state index in [1.807, 2.05) is 6.20 Å². The Hall–Kier alpha value is -1.82. The number of aromatic amines is 1. The van der Waals surface area contributed by atoms with Crippen LogP contribution < -0.4 is 0 Å². The van der Waals surface area contributed by atoms with Crippen LogP contribution in [0, 0.1) is 5.92 Å². The summed E-state index contributed by atoms with van der Waals surface area (Å²) in [6.07, 6.45) is 2.70. The predicted molar refractivity (Wildman–Crippen MR) is 86.4 cm³/mol. The van der Waals surface area contributed by atoms with Gasteiger partial charge in [-0.05, 0) is 49.8 Å². The van der Waals surface area contributed by atoms with Gasteiger partial charge < -0.3 is 4.98 Å². The Morgan fingerprint density at radius 3 is 2.83 bits per heavy atom. The third-order valence-corrected chi connectivity index (χ3v) is 4.70. The number of piperidine rings is 1. The Labute approximate surface area is 139 Å². The van der Waals surface area contributed by atoms with Crippen LogP contribution in [0.2, 0.25) is 0 Å². The van der Waals surface area contributed by atoms with Gasteiger partial charge in [-0.15, -0.1) is 0 Å². The average molecular weight is 337 g/mol. The second-order valence-corrected chi connectivity index (χ2v) is 6.51. The smallest absolute Gasteiger partial charge is 0.347 e. The topological polar surface area (TPSA) is 31.9 Å². The molecule has 3 nitrogen and oxygen atoms in total. The number of aryl methyl sites for hydroxylation is 1. The molecule has 1 aromatic heterocycles. The number of nitrogens with zero attached hydrogens (tertiary/aromatic N) is 2. The first kappa shape index (κ1) is 17.0. The highest BCUT2D eigenvalue weighted by molar-refractivity contribution is 5.29. The molecule has 1 aliphatic heterocycles. The van der Waals surface area contributed by atoms with Crippen molar-refractivity contribution in [2.45, 2.75) is 38.4 Å². The third-order valence-electron chi connectivity index (χ3n) is 4.70. The lowest BCUT2D eigenvalue weighted by molar-refractivity contribution is -0.138. The molecular formula is C18H22F3N3. The summed E-state index contributed by atoms with van der Waals surface area (Å²) in [5, 5.41) is 0. The molecule has 2 aromatic rings. The molecule has 1 fully saturated rings. The Bertz CT molecular complexity index is 637. The van der Waals surface area contributed by atoms with Gasteiger partial charge in [-0.3, -0.25) is 4.90 Å². The molecule has 0 bridgehead atoms. The van der Waals surface area contributed by atoms with Crippen LogP contribution in [0.5, 0.6) is 0 Å². The van der Waals surface area contributed by atoms with Gasteiger partial charge in [-0.2, -0.15) is 13.2 Å². The van der Waals surface area contributed by atoms with Crippen molar-refractivity contribution in [1.82, 2.24) is 14.9 Å². The third kappa shape index (κ3) is 4.38. The van der Waals surface area contributed by atoms with E-state index >= 15 is 0 Å². The van der Waals surface area contributed by atoms with Crippen LogP contribution in [0.1, 0.15) is 36.1 Å². The molecule has 6 heteroatoms. The van der Waals surface area contributed by atoms with E-state index in [1.54, 1.807) is 18.5 Å². The highest BCUT2D eigenvalue weighted by Gasteiger charge is 2.33. The minimum absolute atomic E-state index is 0.413. The Morgan fingerprint density at radius 1 is 1.25 bits per heavy atom. The van der Waals surface area contributed by atoms with Gasteiger partial charge in [-0.1, -0.05) is 18.2 Å². The van der Waals surface area contributed by atoms with E-state index in [1.165, 1.54) is 12.1 Å². The van der Waals surface area contributed by atoms with Crippen molar-refractivity contribution in [2.75, 3.05) is 13.1 Å². The maximum absolute atomic E-state index is 13.1. The summed E-state index contributed by atoms with van der Waals surface area (Å²) in [6.45, 7) is 2.80. The van der Waals surface area contributed by atoms with Gasteiger partial charge in [0.15, 0.2) is 0 Å². The van der Waals surface area contributed by atoms with Crippen molar-refractivity contribution in [3.05, 3.63) is 53.6 Å². The number of imidazole rings is 1. The fraction of sp³-hybridized carbons (Fsp3) is 0.500. The number of rotatable bonds is 5. The van der Waals surface area contributed by atoms with Crippen molar-refractivity contribution < 1.29 is 13.2 Å². The fourth-order valence-electron chi connectivity index (χ4n) is 3.52. The van der Waals surface area contributed by atoms with E-state index in [4.69, 9.17) is 0 Å². The molecule has 1 unspecified atom stereocenters. The largest absolute Gasteiger partial charge is 0.416 e. The molecular weight excluding hydrogens is 315 g/mol. The molecule has 0 saturated carbocycles. The molecule has 1 atom stereocenters. The standard InChI is InChI=1S/C18H22F3N3/c19-18(20,21)17-6-2-1-5-15(17)8-7-14-4-3-9-24(11-14)12-16-10-22-13-23-16/h1-2,5-6,10,13-14H,3-4,7-9,11-12H2,(H,22,23). The summed E-state index contributed by atoms with van der Waals surface area (Å²) in [5.41, 5.74) is 1.00. The average Bonchev–Trinajstić information content (AvgIpc) is 3.06. The molecule has 2 heterocycles. The van der Waals surface area contributed by atoms with E-state index in [-0.39, 0.29) is 0 Å². The van der Waals surface area contributed by atoms with Gasteiger partial charge in [0.05, 0.1) is 11.9 Å². The minimum atomic E-state index is -4.27. The van der Waals surface area contributed by atoms with Gasteiger partial charge in [-0.25, -0.2) is 4.98 Å². The van der Waals surface area contributed by atoms with Gasteiger partial charge in [0.1, 0.15) is 0 Å². The van der Waals surface area contributed by atoms with E-state index in [0.29, 0.717) is 17.9 Å². The van der Waals surface area contributed by atoms with Crippen molar-refractivity contribution in [3.8, 4) is 0 Å². The Morgan fingerprint density at radius 2 is 2.08 bits per heavy atom. The van der Waals surface area contributed by atoms with Crippen LogP contribution in [0.15, 0.2) is 36.8 Å². The zero-order valence-corrected chi connectivity index (χ0v) is 13.5. The van der Waals surface area contributed by atoms with E-state index < -0.39 is 11.7 Å². The van der Waals surface area contributed by atoms with Crippen molar-refractivity contribution >= 4 is 0 Å². The van der Waals surface area contributed by atoms with Crippen molar-refractivity contribution in [3.63, 3.8) is 0 Å². The van der Waals surface area contributed by atoms with Crippen LogP contribution >= 0.6 is 0 Å². The summed E-state index contributed by atoms with van der Waals surface area (Å²) < 4.78 is 39.2. The minimum Gasteiger partial charge on any atom is -0.347 e. The normalized spacial score (nSPS) is 19.5. The molecule has 130 valence electrons. The Balaban J connectivity index is 1.57. The summed E-state index contributed by atoms with van der Waals surface area (Å²) in [4.78, 5) is 9.49. The molecule has 1 N–H and O–H groups in total. The molecule has 1 aromatic carbocycles. The number of hydrogen-bond acceptors (Lipinski definition) is 2. The molecule has 3 rings (SSSR count). The van der Waals surface area contributed by atoms with E-state index in [2.05, 4.69) is 14.9 Å². The summed E-state index contributed by atoms with van der Waals surface area (Å²) in [5.74, 6) is 0.447. The summed E-state index contributed by atoms with van der Waals surface area (Å²) in [6, 6.07) is 5.93. The number of benzene rings is 1. The SMILES string of the molecule is FC(F)(F)c1ccccc1CCC1CCCN(Cc2cnc[nH]2)C1. The molecule has 24 heavy (non-hydrogen) atoms. The lowest BCUT2D eigenvalue weighted by Crippen LogP contribution is -2.35. The van der Waals surface area contributed by atoms with Crippen LogP contribution in [0.25, 0.3) is 0 Å². The second-order valence-electron chi connectivity index (χ2n) is 6.51. The first-order valence-electron chi connectivity index (χ1n) is 8.37. The first-order valence-corrected chi connectivity index (χ1v) is 8.37. The van der Waals surface area contributed by atoms with Crippen LogP contribution in [-0.2, 0) is 19.1 Å². The number of likely N-dealkylation sites (tertiary alicyclic amines) is 1. The number of alkyl halides is 3. The highest BCUT2D eigenvalue weighted by atomic mass is 19.4. The maximum Gasteiger partial charge on any atom is 0.416 e. The molecule has 0 radical (unpaired) electrons. The van der Waals surface area contributed by atoms with Gasteiger partial charge in [0, 0.05) is 25.0 Å². The van der Waals surface area contributed by atoms with Crippen LogP contribution in [0.3, 0.4) is 0 Å². The van der Waals surface area contributed by atoms with Gasteiger partial charge in [0.2, 0.25) is 0 Å². The van der Waals surface area contributed by atoms with Crippen molar-refractivity contribution in [1.29, 1.82) is 0 Å². The lowest BCUT2D eigenvalue weighted by Gasteiger charge is -2.32. The molecule has 1 saturated heterocycles. The second kappa shape index (κ2) is 7.38. The molecule has 0 amide bonds. The fourth-order valence-corrected chi connectivity index (χ4v) is 3.52. The van der Waals surface area contributed by atoms with Crippen molar-refractivity contribution in [2.24, 2.45) is 5.92 Å². The first-order chi connectivity index (χ1) is 11.5. The van der Waals surface area contributed by atoms with Crippen LogP contribution in [-0.4, -0.2) is 28.0 Å². The van der Waals surface area contributed by atoms with Crippen LogP contribution in [0.4, 0.5) is 13.2 Å². The molecule has 0 aliphatic carbocycles. The number of nitrogens with one attached hydrogen (secondary N) is 1. The van der Waals surface area contributed by atoms with E-state index in [0.717, 1.165) is 44.6 Å². The summed E-state index contributed by atoms with van der Waals surface area (Å²) in [7, 11) is 0. The zero-order valence-electron chi connectivity index (χ0n) is 13.5. The number of halogens is 3. The number of aromatic nitrogens is 2.